The van der Waals surface area contributed by atoms with E-state index in [1.165, 1.54) is 26.4 Å². The van der Waals surface area contributed by atoms with E-state index in [0.29, 0.717) is 28.2 Å². The minimum absolute atomic E-state index is 0.0535. The number of carbonyl (C=O) groups excluding carboxylic acids is 1. The first kappa shape index (κ1) is 17.6. The second-order valence-corrected chi connectivity index (χ2v) is 5.68. The van der Waals surface area contributed by atoms with Crippen LogP contribution in [0.3, 0.4) is 0 Å². The first-order chi connectivity index (χ1) is 11.5. The molecule has 0 aliphatic rings. The maximum atomic E-state index is 10.8. The lowest BCUT2D eigenvalue weighted by Gasteiger charge is -2.12. The molecule has 6 heteroatoms. The van der Waals surface area contributed by atoms with Crippen molar-refractivity contribution in [1.82, 2.24) is 0 Å². The fourth-order valence-electron chi connectivity index (χ4n) is 2.19. The van der Waals surface area contributed by atoms with Crippen molar-refractivity contribution in [3.63, 3.8) is 0 Å². The molecule has 0 aliphatic heterocycles. The molecule has 0 heterocycles. The van der Waals surface area contributed by atoms with Gasteiger partial charge in [0, 0.05) is 10.0 Å². The lowest BCUT2D eigenvalue weighted by Crippen LogP contribution is -2.21. The molecule has 0 radical (unpaired) electrons. The summed E-state index contributed by atoms with van der Waals surface area (Å²) in [7, 11) is 3.05. The van der Waals surface area contributed by atoms with Crippen molar-refractivity contribution in [1.29, 1.82) is 5.26 Å². The summed E-state index contributed by atoms with van der Waals surface area (Å²) >= 11 is 3.39. The van der Waals surface area contributed by atoms with E-state index in [9.17, 15) is 15.2 Å². The number of methoxy groups -OCH3 is 2. The lowest BCUT2D eigenvalue weighted by molar-refractivity contribution is -0.255. The molecular weight excluding hydrogens is 374 g/mol. The highest BCUT2D eigenvalue weighted by Crippen LogP contribution is 2.36. The molecule has 0 saturated carbocycles. The van der Waals surface area contributed by atoms with Gasteiger partial charge in [-0.1, -0.05) is 40.2 Å². The molecule has 0 aliphatic carbocycles. The van der Waals surface area contributed by atoms with Crippen LogP contribution in [0.4, 0.5) is 0 Å². The fraction of sp³-hybridized carbons (Fsp3) is 0.111. The molecule has 2 aromatic carbocycles. The van der Waals surface area contributed by atoms with Crippen molar-refractivity contribution < 1.29 is 19.4 Å². The van der Waals surface area contributed by atoms with Crippen LogP contribution in [-0.4, -0.2) is 20.2 Å². The van der Waals surface area contributed by atoms with Gasteiger partial charge in [-0.3, -0.25) is 0 Å². The van der Waals surface area contributed by atoms with Crippen LogP contribution in [-0.2, 0) is 0 Å². The minimum atomic E-state index is -1.26. The standard InChI is InChI=1S/C18H14BrNO4/c1-23-16-9-15(19)8-13(17(16)24-2)7-14(10-20)11-3-5-12(6-4-11)18(21)22/h3-9H,1-2H3,(H,21,22)/p-1/b14-7+. The number of hydrogen-bond acceptors (Lipinski definition) is 5. The number of carboxylic acids is 1. The summed E-state index contributed by atoms with van der Waals surface area (Å²) in [5.74, 6) is -0.232. The number of carbonyl (C=O) groups is 1. The van der Waals surface area contributed by atoms with Crippen LogP contribution in [0.1, 0.15) is 21.5 Å². The highest BCUT2D eigenvalue weighted by Gasteiger charge is 2.12. The summed E-state index contributed by atoms with van der Waals surface area (Å²) in [4.78, 5) is 10.8. The van der Waals surface area contributed by atoms with Crippen molar-refractivity contribution in [3.05, 3.63) is 57.6 Å². The molecule has 2 rings (SSSR count). The Labute approximate surface area is 147 Å². The summed E-state index contributed by atoms with van der Waals surface area (Å²) in [6.07, 6.45) is 1.65. The van der Waals surface area contributed by atoms with E-state index in [4.69, 9.17) is 9.47 Å². The smallest absolute Gasteiger partial charge is 0.168 e. The Morgan fingerprint density at radius 2 is 1.79 bits per heavy atom. The number of carboxylic acid groups (broad SMARTS) is 1. The Kier molecular flexibility index (Phi) is 5.61. The Bertz CT molecular complexity index is 835. The van der Waals surface area contributed by atoms with Crippen molar-refractivity contribution >= 4 is 33.5 Å². The van der Waals surface area contributed by atoms with Gasteiger partial charge in [-0.05, 0) is 29.3 Å². The molecule has 0 saturated heterocycles. The van der Waals surface area contributed by atoms with Gasteiger partial charge in [0.2, 0.25) is 0 Å². The van der Waals surface area contributed by atoms with Gasteiger partial charge in [0.15, 0.2) is 11.5 Å². The zero-order valence-corrected chi connectivity index (χ0v) is 14.6. The predicted molar refractivity (Wildman–Crippen MR) is 91.5 cm³/mol. The maximum absolute atomic E-state index is 10.8. The van der Waals surface area contributed by atoms with Crippen molar-refractivity contribution in [2.45, 2.75) is 0 Å². The predicted octanol–water partition coefficient (Wildman–Crippen LogP) is 2.89. The topological polar surface area (TPSA) is 82.4 Å². The second kappa shape index (κ2) is 7.66. The number of halogens is 1. The van der Waals surface area contributed by atoms with Gasteiger partial charge in [0.05, 0.1) is 31.8 Å². The Morgan fingerprint density at radius 3 is 2.29 bits per heavy atom. The summed E-state index contributed by atoms with van der Waals surface area (Å²) in [6.45, 7) is 0. The minimum Gasteiger partial charge on any atom is -0.545 e. The number of ether oxygens (including phenoxy) is 2. The number of allylic oxidation sites excluding steroid dienone is 1. The van der Waals surface area contributed by atoms with Gasteiger partial charge >= 0.3 is 0 Å². The van der Waals surface area contributed by atoms with E-state index in [1.54, 1.807) is 30.3 Å². The van der Waals surface area contributed by atoms with E-state index >= 15 is 0 Å². The summed E-state index contributed by atoms with van der Waals surface area (Å²) in [5.41, 5.74) is 1.66. The van der Waals surface area contributed by atoms with Crippen LogP contribution < -0.4 is 14.6 Å². The fourth-order valence-corrected chi connectivity index (χ4v) is 2.64. The first-order valence-electron chi connectivity index (χ1n) is 6.85. The highest BCUT2D eigenvalue weighted by atomic mass is 79.9. The number of nitrogens with zero attached hydrogens (tertiary/aromatic N) is 1. The number of aromatic carboxylic acids is 1. The van der Waals surface area contributed by atoms with Crippen LogP contribution >= 0.6 is 15.9 Å². The van der Waals surface area contributed by atoms with Crippen molar-refractivity contribution in [2.24, 2.45) is 0 Å². The molecular formula is C18H13BrNO4-. The molecule has 0 fully saturated rings. The summed E-state index contributed by atoms with van der Waals surface area (Å²) in [6, 6.07) is 11.6. The van der Waals surface area contributed by atoms with E-state index in [2.05, 4.69) is 22.0 Å². The normalized spacial score (nSPS) is 10.8. The Balaban J connectivity index is 2.53. The molecule has 2 aromatic rings. The number of rotatable bonds is 5. The summed E-state index contributed by atoms with van der Waals surface area (Å²) < 4.78 is 11.4. The molecule has 0 atom stereocenters. The van der Waals surface area contributed by atoms with E-state index in [-0.39, 0.29) is 5.56 Å². The first-order valence-corrected chi connectivity index (χ1v) is 7.64. The third-order valence-corrected chi connectivity index (χ3v) is 3.78. The van der Waals surface area contributed by atoms with Crippen LogP contribution in [0.2, 0.25) is 0 Å². The molecule has 0 unspecified atom stereocenters. The van der Waals surface area contributed by atoms with Gasteiger partial charge in [-0.25, -0.2) is 0 Å². The third-order valence-electron chi connectivity index (χ3n) is 3.32. The van der Waals surface area contributed by atoms with Crippen LogP contribution in [0, 0.1) is 11.3 Å². The molecule has 0 aromatic heterocycles. The molecule has 0 bridgehead atoms. The SMILES string of the molecule is COc1cc(Br)cc(/C=C(\C#N)c2ccc(C(=O)[O-])cc2)c1OC. The third kappa shape index (κ3) is 3.76. The maximum Gasteiger partial charge on any atom is 0.168 e. The van der Waals surface area contributed by atoms with Gasteiger partial charge in [0.1, 0.15) is 0 Å². The second-order valence-electron chi connectivity index (χ2n) is 4.77. The van der Waals surface area contributed by atoms with Crippen molar-refractivity contribution in [2.75, 3.05) is 14.2 Å². The van der Waals surface area contributed by atoms with Crippen LogP contribution in [0.15, 0.2) is 40.9 Å². The zero-order chi connectivity index (χ0) is 17.7. The van der Waals surface area contributed by atoms with Crippen molar-refractivity contribution in [3.8, 4) is 17.6 Å². The molecule has 5 nitrogen and oxygen atoms in total. The largest absolute Gasteiger partial charge is 0.545 e. The molecule has 0 N–H and O–H groups in total. The van der Waals surface area contributed by atoms with E-state index in [1.807, 2.05) is 0 Å². The van der Waals surface area contributed by atoms with Crippen LogP contribution in [0.5, 0.6) is 11.5 Å². The quantitative estimate of drug-likeness (QED) is 0.582. The monoisotopic (exact) mass is 386 g/mol. The zero-order valence-electron chi connectivity index (χ0n) is 13.0. The molecule has 0 amide bonds. The Hall–Kier alpha value is -2.78. The highest BCUT2D eigenvalue weighted by molar-refractivity contribution is 9.10. The number of benzene rings is 2. The van der Waals surface area contributed by atoms with E-state index in [0.717, 1.165) is 4.47 Å². The average Bonchev–Trinajstić information content (AvgIpc) is 2.59. The summed E-state index contributed by atoms with van der Waals surface area (Å²) in [5, 5.41) is 20.3. The lowest BCUT2D eigenvalue weighted by atomic mass is 10.0. The average molecular weight is 387 g/mol. The Morgan fingerprint density at radius 1 is 1.17 bits per heavy atom. The van der Waals surface area contributed by atoms with Gasteiger partial charge < -0.3 is 19.4 Å². The van der Waals surface area contributed by atoms with E-state index < -0.39 is 5.97 Å². The van der Waals surface area contributed by atoms with Crippen LogP contribution in [0.25, 0.3) is 11.6 Å². The van der Waals surface area contributed by atoms with Gasteiger partial charge in [-0.2, -0.15) is 5.26 Å². The molecule has 122 valence electrons. The molecule has 24 heavy (non-hydrogen) atoms. The molecule has 0 spiro atoms. The van der Waals surface area contributed by atoms with Gasteiger partial charge in [-0.15, -0.1) is 0 Å². The number of hydrogen-bond donors (Lipinski definition) is 0. The number of nitriles is 1. The van der Waals surface area contributed by atoms with Gasteiger partial charge in [0.25, 0.3) is 0 Å².